The van der Waals surface area contributed by atoms with Crippen molar-refractivity contribution >= 4 is 28.2 Å². The summed E-state index contributed by atoms with van der Waals surface area (Å²) >= 11 is 6.13. The summed E-state index contributed by atoms with van der Waals surface area (Å²) in [6.45, 7) is 5.11. The van der Waals surface area contributed by atoms with Crippen LogP contribution in [0.25, 0.3) is 10.9 Å². The van der Waals surface area contributed by atoms with Gasteiger partial charge in [-0.05, 0) is 39.0 Å². The third kappa shape index (κ3) is 3.18. The lowest BCUT2D eigenvalue weighted by atomic mass is 9.97. The molecule has 0 atom stereocenters. The van der Waals surface area contributed by atoms with E-state index in [1.807, 2.05) is 0 Å². The van der Waals surface area contributed by atoms with Crippen LogP contribution in [0.4, 0.5) is 4.39 Å². The number of aliphatic hydroxyl groups is 1. The van der Waals surface area contributed by atoms with Crippen LogP contribution in [-0.2, 0) is 5.60 Å². The fraction of sp³-hybridized carbons (Fsp3) is 0.294. The maximum absolute atomic E-state index is 14.3. The van der Waals surface area contributed by atoms with Crippen molar-refractivity contribution in [2.75, 3.05) is 7.05 Å². The van der Waals surface area contributed by atoms with E-state index in [9.17, 15) is 9.50 Å². The van der Waals surface area contributed by atoms with Crippen LogP contribution in [0.3, 0.4) is 0 Å². The highest BCUT2D eigenvalue weighted by Crippen LogP contribution is 2.26. The minimum atomic E-state index is -1.05. The second kappa shape index (κ2) is 6.15. The molecular weight excluding hydrogens is 303 g/mol. The molecule has 3 nitrogen and oxygen atoms in total. The normalized spacial score (nSPS) is 13.8. The molecule has 0 aliphatic heterocycles. The predicted molar refractivity (Wildman–Crippen MR) is 89.0 cm³/mol. The van der Waals surface area contributed by atoms with Gasteiger partial charge in [-0.15, -0.1) is 0 Å². The van der Waals surface area contributed by atoms with Gasteiger partial charge in [0.1, 0.15) is 11.3 Å². The second-order valence-corrected chi connectivity index (χ2v) is 5.93. The van der Waals surface area contributed by atoms with Gasteiger partial charge in [0.05, 0.1) is 16.3 Å². The van der Waals surface area contributed by atoms with Crippen LogP contribution in [0.1, 0.15) is 31.9 Å². The Morgan fingerprint density at radius 3 is 2.59 bits per heavy atom. The highest BCUT2D eigenvalue weighted by Gasteiger charge is 2.18. The molecule has 0 radical (unpaired) electrons. The Morgan fingerprint density at radius 1 is 1.36 bits per heavy atom. The highest BCUT2D eigenvalue weighted by molar-refractivity contribution is 6.46. The monoisotopic (exact) mass is 320 g/mol. The molecule has 2 aromatic rings. The number of benzene rings is 1. The Hall–Kier alpha value is -1.78. The Bertz CT molecular complexity index is 776. The van der Waals surface area contributed by atoms with Gasteiger partial charge in [-0.2, -0.15) is 0 Å². The van der Waals surface area contributed by atoms with Gasteiger partial charge in [0.2, 0.25) is 0 Å². The van der Waals surface area contributed by atoms with E-state index >= 15 is 0 Å². The molecule has 0 bridgehead atoms. The minimum Gasteiger partial charge on any atom is -0.386 e. The summed E-state index contributed by atoms with van der Waals surface area (Å²) in [7, 11) is 1.61. The van der Waals surface area contributed by atoms with Crippen molar-refractivity contribution < 1.29 is 9.50 Å². The summed E-state index contributed by atoms with van der Waals surface area (Å²) in [4.78, 5) is 8.24. The summed E-state index contributed by atoms with van der Waals surface area (Å²) < 4.78 is 14.3. The van der Waals surface area contributed by atoms with Gasteiger partial charge >= 0.3 is 0 Å². The van der Waals surface area contributed by atoms with Crippen LogP contribution < -0.4 is 0 Å². The molecule has 0 saturated heterocycles. The number of fused-ring (bicyclic) bond motifs is 1. The number of aromatic nitrogens is 1. The molecule has 0 unspecified atom stereocenters. The van der Waals surface area contributed by atoms with Gasteiger partial charge < -0.3 is 5.11 Å². The van der Waals surface area contributed by atoms with Crippen LogP contribution >= 0.6 is 11.6 Å². The zero-order valence-electron chi connectivity index (χ0n) is 13.0. The van der Waals surface area contributed by atoms with Crippen molar-refractivity contribution in [2.45, 2.75) is 26.4 Å². The molecule has 1 aromatic heterocycles. The van der Waals surface area contributed by atoms with E-state index < -0.39 is 11.4 Å². The first-order chi connectivity index (χ1) is 10.3. The average molecular weight is 321 g/mol. The number of aliphatic imine (C=N–C) groups is 1. The largest absolute Gasteiger partial charge is 0.386 e. The molecule has 22 heavy (non-hydrogen) atoms. The van der Waals surface area contributed by atoms with E-state index in [0.29, 0.717) is 27.3 Å². The van der Waals surface area contributed by atoms with Crippen molar-refractivity contribution in [1.82, 2.24) is 4.98 Å². The van der Waals surface area contributed by atoms with Crippen molar-refractivity contribution in [3.63, 3.8) is 0 Å². The topological polar surface area (TPSA) is 45.5 Å². The van der Waals surface area contributed by atoms with Crippen LogP contribution in [0, 0.1) is 5.82 Å². The number of halogens is 2. The number of hydrogen-bond acceptors (Lipinski definition) is 3. The Labute approximate surface area is 134 Å². The lowest BCUT2D eigenvalue weighted by Crippen LogP contribution is -2.15. The lowest BCUT2D eigenvalue weighted by molar-refractivity contribution is 0.0784. The summed E-state index contributed by atoms with van der Waals surface area (Å²) in [5, 5.41) is 11.1. The molecule has 1 N–H and O–H groups in total. The molecule has 5 heteroatoms. The number of pyridine rings is 1. The number of nitrogens with zero attached hydrogens (tertiary/aromatic N) is 2. The predicted octanol–water partition coefficient (Wildman–Crippen LogP) is 4.16. The van der Waals surface area contributed by atoms with Gasteiger partial charge in [-0.1, -0.05) is 17.7 Å². The van der Waals surface area contributed by atoms with Gasteiger partial charge in [-0.3, -0.25) is 9.98 Å². The molecule has 1 aromatic carbocycles. The molecule has 0 aliphatic carbocycles. The fourth-order valence-corrected chi connectivity index (χ4v) is 2.38. The molecule has 2 rings (SSSR count). The molecule has 1 heterocycles. The molecule has 116 valence electrons. The van der Waals surface area contributed by atoms with E-state index in [0.717, 1.165) is 0 Å². The zero-order valence-corrected chi connectivity index (χ0v) is 13.7. The SMILES string of the molecule is C/C=C(/Cl)C(=NC)c1cc(F)c2ncc(C(C)(C)O)cc2c1. The molecule has 0 saturated carbocycles. The van der Waals surface area contributed by atoms with Gasteiger partial charge in [0.25, 0.3) is 0 Å². The van der Waals surface area contributed by atoms with Crippen LogP contribution in [0.5, 0.6) is 0 Å². The Balaban J connectivity index is 2.70. The fourth-order valence-electron chi connectivity index (χ4n) is 2.19. The first kappa shape index (κ1) is 16.6. The molecule has 0 amide bonds. The summed E-state index contributed by atoms with van der Waals surface area (Å²) in [5.74, 6) is -0.448. The summed E-state index contributed by atoms with van der Waals surface area (Å²) in [6.07, 6.45) is 3.19. The molecular formula is C17H18ClFN2O. The van der Waals surface area contributed by atoms with Gasteiger partial charge in [0.15, 0.2) is 0 Å². The Kier molecular flexibility index (Phi) is 4.63. The molecule has 0 fully saturated rings. The highest BCUT2D eigenvalue weighted by atomic mass is 35.5. The third-order valence-corrected chi connectivity index (χ3v) is 3.82. The first-order valence-corrected chi connectivity index (χ1v) is 7.27. The lowest BCUT2D eigenvalue weighted by Gasteiger charge is -2.18. The number of allylic oxidation sites excluding steroid dienone is 2. The number of hydrogen-bond donors (Lipinski definition) is 1. The van der Waals surface area contributed by atoms with Crippen molar-refractivity contribution in [1.29, 1.82) is 0 Å². The van der Waals surface area contributed by atoms with Crippen molar-refractivity contribution in [2.24, 2.45) is 4.99 Å². The third-order valence-electron chi connectivity index (χ3n) is 3.42. The van der Waals surface area contributed by atoms with E-state index in [2.05, 4.69) is 9.98 Å². The Morgan fingerprint density at radius 2 is 2.05 bits per heavy atom. The maximum atomic E-state index is 14.3. The van der Waals surface area contributed by atoms with Gasteiger partial charge in [-0.25, -0.2) is 4.39 Å². The van der Waals surface area contributed by atoms with E-state index in [1.165, 1.54) is 12.3 Å². The zero-order chi connectivity index (χ0) is 16.5. The standard InChI is InChI=1S/C17H18ClFN2O/c1-5-13(18)15(20-4)11-6-10-7-12(17(2,3)22)9-21-16(10)14(19)8-11/h5-9,22H,1-4H3/b13-5+,20-15?. The first-order valence-electron chi connectivity index (χ1n) is 6.89. The number of rotatable bonds is 3. The van der Waals surface area contributed by atoms with Crippen molar-refractivity contribution in [3.05, 3.63) is 52.4 Å². The van der Waals surface area contributed by atoms with E-state index in [4.69, 9.17) is 11.6 Å². The van der Waals surface area contributed by atoms with Crippen molar-refractivity contribution in [3.8, 4) is 0 Å². The summed E-state index contributed by atoms with van der Waals surface area (Å²) in [6, 6.07) is 4.87. The summed E-state index contributed by atoms with van der Waals surface area (Å²) in [5.41, 5.74) is 0.910. The average Bonchev–Trinajstić information content (AvgIpc) is 2.46. The van der Waals surface area contributed by atoms with E-state index in [1.54, 1.807) is 46.0 Å². The maximum Gasteiger partial charge on any atom is 0.150 e. The molecule has 0 aliphatic rings. The van der Waals surface area contributed by atoms with E-state index in [-0.39, 0.29) is 5.52 Å². The smallest absolute Gasteiger partial charge is 0.150 e. The van der Waals surface area contributed by atoms with Gasteiger partial charge in [0, 0.05) is 29.8 Å². The second-order valence-electron chi connectivity index (χ2n) is 5.52. The van der Waals surface area contributed by atoms with Crippen LogP contribution in [0.2, 0.25) is 0 Å². The van der Waals surface area contributed by atoms with Crippen LogP contribution in [0.15, 0.2) is 40.5 Å². The van der Waals surface area contributed by atoms with Crippen LogP contribution in [-0.4, -0.2) is 22.8 Å². The minimum absolute atomic E-state index is 0.254. The quantitative estimate of drug-likeness (QED) is 0.863. The molecule has 0 spiro atoms.